The van der Waals surface area contributed by atoms with Gasteiger partial charge in [0.15, 0.2) is 0 Å². The third-order valence-electron chi connectivity index (χ3n) is 11.4. The van der Waals surface area contributed by atoms with Crippen molar-refractivity contribution in [1.82, 2.24) is 5.32 Å². The number of hydrogen-bond acceptors (Lipinski definition) is 4. The molecule has 37 heavy (non-hydrogen) atoms. The highest BCUT2D eigenvalue weighted by atomic mass is 16.5. The Morgan fingerprint density at radius 3 is 2.57 bits per heavy atom. The molecule has 5 heteroatoms. The molecule has 0 saturated heterocycles. The van der Waals surface area contributed by atoms with Crippen LogP contribution in [0.4, 0.5) is 0 Å². The molecular weight excluding hydrogens is 462 g/mol. The van der Waals surface area contributed by atoms with E-state index in [9.17, 15) is 9.59 Å². The van der Waals surface area contributed by atoms with E-state index in [-0.39, 0.29) is 30.6 Å². The van der Waals surface area contributed by atoms with Gasteiger partial charge in [-0.25, -0.2) is 0 Å². The maximum absolute atomic E-state index is 12.1. The van der Waals surface area contributed by atoms with Crippen LogP contribution in [-0.2, 0) is 19.1 Å². The lowest BCUT2D eigenvalue weighted by Gasteiger charge is -2.58. The molecule has 0 aromatic heterocycles. The highest BCUT2D eigenvalue weighted by Crippen LogP contribution is 2.67. The summed E-state index contributed by atoms with van der Waals surface area (Å²) >= 11 is 0. The first-order chi connectivity index (χ1) is 17.6. The summed E-state index contributed by atoms with van der Waals surface area (Å²) in [5.74, 6) is 4.39. The Bertz CT molecular complexity index is 852. The number of methoxy groups -OCH3 is 1. The molecule has 0 radical (unpaired) electrons. The monoisotopic (exact) mass is 515 g/mol. The van der Waals surface area contributed by atoms with Gasteiger partial charge in [-0.1, -0.05) is 65.5 Å². The van der Waals surface area contributed by atoms with E-state index in [2.05, 4.69) is 50.7 Å². The van der Waals surface area contributed by atoms with Crippen LogP contribution < -0.4 is 5.32 Å². The molecular formula is C32H53NO4. The highest BCUT2D eigenvalue weighted by molar-refractivity contribution is 5.82. The van der Waals surface area contributed by atoms with Crippen molar-refractivity contribution in [3.63, 3.8) is 0 Å². The van der Waals surface area contributed by atoms with Crippen molar-refractivity contribution in [2.24, 2.45) is 46.3 Å². The number of carbonyl (C=O) groups excluding carboxylic acids is 2. The van der Waals surface area contributed by atoms with Crippen LogP contribution in [0.1, 0.15) is 105 Å². The Kier molecular flexibility index (Phi) is 9.13. The fourth-order valence-corrected chi connectivity index (χ4v) is 9.28. The Labute approximate surface area is 225 Å². The lowest BCUT2D eigenvalue weighted by Crippen LogP contribution is -2.51. The summed E-state index contributed by atoms with van der Waals surface area (Å²) in [4.78, 5) is 23.3. The molecule has 0 bridgehead atoms. The number of allylic oxidation sites excluding steroid dienone is 1. The fourth-order valence-electron chi connectivity index (χ4n) is 9.28. The zero-order chi connectivity index (χ0) is 26.8. The summed E-state index contributed by atoms with van der Waals surface area (Å²) in [6.45, 7) is 12.4. The molecule has 0 aromatic carbocycles. The molecule has 0 aliphatic heterocycles. The lowest BCUT2D eigenvalue weighted by molar-refractivity contribution is -0.142. The summed E-state index contributed by atoms with van der Waals surface area (Å²) in [6, 6.07) is 0. The predicted molar refractivity (Wildman–Crippen MR) is 148 cm³/mol. The van der Waals surface area contributed by atoms with Crippen LogP contribution in [0.2, 0.25) is 0 Å². The highest BCUT2D eigenvalue weighted by Gasteiger charge is 2.59. The van der Waals surface area contributed by atoms with Gasteiger partial charge in [0.05, 0.1) is 13.2 Å². The molecule has 3 fully saturated rings. The number of esters is 1. The molecule has 1 amide bonds. The molecule has 0 spiro atoms. The van der Waals surface area contributed by atoms with Crippen molar-refractivity contribution in [2.75, 3.05) is 20.3 Å². The Hall–Kier alpha value is -1.36. The van der Waals surface area contributed by atoms with Crippen LogP contribution >= 0.6 is 0 Å². The third-order valence-corrected chi connectivity index (χ3v) is 11.4. The van der Waals surface area contributed by atoms with Crippen LogP contribution in [0.3, 0.4) is 0 Å². The number of fused-ring (bicyclic) bond motifs is 5. The number of rotatable bonds is 10. The molecule has 210 valence electrons. The first-order valence-corrected chi connectivity index (χ1v) is 15.2. The molecule has 0 heterocycles. The van der Waals surface area contributed by atoms with E-state index >= 15 is 0 Å². The molecule has 4 aliphatic rings. The summed E-state index contributed by atoms with van der Waals surface area (Å²) < 4.78 is 10.6. The average molecular weight is 516 g/mol. The second-order valence-electron chi connectivity index (χ2n) is 13.8. The van der Waals surface area contributed by atoms with Crippen molar-refractivity contribution in [3.8, 4) is 0 Å². The van der Waals surface area contributed by atoms with Gasteiger partial charge in [-0.2, -0.15) is 0 Å². The van der Waals surface area contributed by atoms with Gasteiger partial charge < -0.3 is 14.8 Å². The van der Waals surface area contributed by atoms with E-state index in [4.69, 9.17) is 4.74 Å². The van der Waals surface area contributed by atoms with Crippen LogP contribution in [0.25, 0.3) is 0 Å². The van der Waals surface area contributed by atoms with Crippen molar-refractivity contribution in [3.05, 3.63) is 11.6 Å². The van der Waals surface area contributed by atoms with E-state index < -0.39 is 5.97 Å². The fraction of sp³-hybridized carbons (Fsp3) is 0.875. The van der Waals surface area contributed by atoms with E-state index in [0.717, 1.165) is 54.8 Å². The number of carbonyl (C=O) groups is 2. The standard InChI is InChI=1S/C32H53NO4/c1-21(2)8-7-9-22(3)26-12-13-27-25-11-10-23-18-24(37-20-29(34)33-19-30(35)36-6)14-16-31(23,4)28(25)15-17-32(26,27)5/h10,21-22,24-28H,7-9,11-20H2,1-6H3,(H,33,34)/t22-,24+,25?,26-,27?,28?,31+,32-/m1/s1. The first-order valence-electron chi connectivity index (χ1n) is 15.2. The smallest absolute Gasteiger partial charge is 0.325 e. The Morgan fingerprint density at radius 2 is 1.84 bits per heavy atom. The second-order valence-corrected chi connectivity index (χ2v) is 13.8. The second kappa shape index (κ2) is 11.8. The zero-order valence-electron chi connectivity index (χ0n) is 24.4. The number of hydrogen-bond donors (Lipinski definition) is 1. The molecule has 0 aromatic rings. The van der Waals surface area contributed by atoms with Crippen LogP contribution in [-0.4, -0.2) is 38.2 Å². The van der Waals surface area contributed by atoms with Crippen LogP contribution in [0.15, 0.2) is 11.6 Å². The maximum atomic E-state index is 12.1. The van der Waals surface area contributed by atoms with E-state index in [1.165, 1.54) is 58.5 Å². The minimum Gasteiger partial charge on any atom is -0.468 e. The average Bonchev–Trinajstić information content (AvgIpc) is 3.22. The van der Waals surface area contributed by atoms with Crippen LogP contribution in [0.5, 0.6) is 0 Å². The van der Waals surface area contributed by atoms with Gasteiger partial charge in [-0.3, -0.25) is 9.59 Å². The number of nitrogens with one attached hydrogen (secondary N) is 1. The zero-order valence-corrected chi connectivity index (χ0v) is 24.4. The topological polar surface area (TPSA) is 64.6 Å². The maximum Gasteiger partial charge on any atom is 0.325 e. The van der Waals surface area contributed by atoms with Crippen molar-refractivity contribution < 1.29 is 19.1 Å². The summed E-state index contributed by atoms with van der Waals surface area (Å²) in [7, 11) is 1.32. The van der Waals surface area contributed by atoms with Crippen LogP contribution in [0, 0.1) is 46.3 Å². The summed E-state index contributed by atoms with van der Waals surface area (Å²) in [5, 5.41) is 2.57. The van der Waals surface area contributed by atoms with Gasteiger partial charge in [0, 0.05) is 0 Å². The molecule has 3 saturated carbocycles. The predicted octanol–water partition coefficient (Wildman–Crippen LogP) is 6.70. The largest absolute Gasteiger partial charge is 0.468 e. The van der Waals surface area contributed by atoms with Crippen molar-refractivity contribution in [1.29, 1.82) is 0 Å². The van der Waals surface area contributed by atoms with Gasteiger partial charge in [0.25, 0.3) is 0 Å². The van der Waals surface area contributed by atoms with Gasteiger partial charge in [-0.05, 0) is 97.7 Å². The van der Waals surface area contributed by atoms with Gasteiger partial charge in [0.2, 0.25) is 5.91 Å². The molecule has 8 atom stereocenters. The normalized spacial score (nSPS) is 37.7. The molecule has 3 unspecified atom stereocenters. The van der Waals surface area contributed by atoms with Gasteiger partial charge >= 0.3 is 5.97 Å². The minimum absolute atomic E-state index is 0.00881. The van der Waals surface area contributed by atoms with Gasteiger partial charge in [-0.15, -0.1) is 0 Å². The molecule has 5 nitrogen and oxygen atoms in total. The third kappa shape index (κ3) is 5.97. The molecule has 1 N–H and O–H groups in total. The first kappa shape index (κ1) is 28.6. The summed E-state index contributed by atoms with van der Waals surface area (Å²) in [5.41, 5.74) is 2.40. The quantitative estimate of drug-likeness (QED) is 0.260. The lowest BCUT2D eigenvalue weighted by atomic mass is 9.47. The van der Waals surface area contributed by atoms with E-state index in [0.29, 0.717) is 5.41 Å². The van der Waals surface area contributed by atoms with Gasteiger partial charge in [0.1, 0.15) is 13.2 Å². The van der Waals surface area contributed by atoms with E-state index in [1.54, 1.807) is 5.57 Å². The Balaban J connectivity index is 1.35. The SMILES string of the molecule is COC(=O)CNC(=O)CO[C@H]1CC[C@@]2(C)C(=CCC3C2CC[C@@]2(C)C3CC[C@@H]2[C@H](C)CCCC(C)C)C1. The number of amides is 1. The van der Waals surface area contributed by atoms with E-state index in [1.807, 2.05) is 0 Å². The molecule has 4 aliphatic carbocycles. The van der Waals surface area contributed by atoms with Crippen molar-refractivity contribution in [2.45, 2.75) is 111 Å². The summed E-state index contributed by atoms with van der Waals surface area (Å²) in [6.07, 6.45) is 16.8. The molecule has 4 rings (SSSR count). The minimum atomic E-state index is -0.443. The van der Waals surface area contributed by atoms with Crippen molar-refractivity contribution >= 4 is 11.9 Å². The number of ether oxygens (including phenoxy) is 2. The Morgan fingerprint density at radius 1 is 1.05 bits per heavy atom.